The first-order chi connectivity index (χ1) is 12.0. The van der Waals surface area contributed by atoms with E-state index in [9.17, 15) is 5.11 Å². The van der Waals surface area contributed by atoms with Crippen LogP contribution in [-0.4, -0.2) is 23.9 Å². The number of allylic oxidation sites excluding steroid dienone is 2. The Hall–Kier alpha value is -0.340. The molecule has 0 aromatic rings. The summed E-state index contributed by atoms with van der Waals surface area (Å²) in [5.41, 5.74) is 1.72. The van der Waals surface area contributed by atoms with Gasteiger partial charge < -0.3 is 9.84 Å². The minimum Gasteiger partial charge on any atom is -0.387 e. The highest BCUT2D eigenvalue weighted by Gasteiger charge is 2.56. The highest BCUT2D eigenvalue weighted by atomic mass is 16.5. The van der Waals surface area contributed by atoms with Crippen molar-refractivity contribution in [1.82, 2.24) is 0 Å². The average Bonchev–Trinajstić information content (AvgIpc) is 2.96. The number of rotatable bonds is 3. The van der Waals surface area contributed by atoms with Gasteiger partial charge in [-0.3, -0.25) is 0 Å². The minimum absolute atomic E-state index is 0.507. The topological polar surface area (TPSA) is 29.5 Å². The molecule has 0 aliphatic heterocycles. The quantitative estimate of drug-likeness (QED) is 0.698. The van der Waals surface area contributed by atoms with Gasteiger partial charge >= 0.3 is 0 Å². The maximum atomic E-state index is 11.0. The Kier molecular flexibility index (Phi) is 4.82. The molecule has 0 aromatic carbocycles. The molecule has 142 valence electrons. The largest absolute Gasteiger partial charge is 0.387 e. The molecule has 4 fully saturated rings. The second-order valence-electron chi connectivity index (χ2n) is 9.85. The molecule has 2 nitrogen and oxygen atoms in total. The Morgan fingerprint density at radius 2 is 1.88 bits per heavy atom. The molecule has 4 aliphatic carbocycles. The van der Waals surface area contributed by atoms with Crippen LogP contribution in [0.3, 0.4) is 0 Å². The molecule has 0 bridgehead atoms. The van der Waals surface area contributed by atoms with Crippen molar-refractivity contribution in [1.29, 1.82) is 0 Å². The van der Waals surface area contributed by atoms with E-state index in [1.165, 1.54) is 44.9 Å². The lowest BCUT2D eigenvalue weighted by molar-refractivity contribution is -0.123. The molecule has 0 amide bonds. The average molecular weight is 347 g/mol. The zero-order valence-electron chi connectivity index (χ0n) is 16.6. The summed E-state index contributed by atoms with van der Waals surface area (Å²) in [5.74, 6) is 4.44. The molecular formula is C23H38O2. The molecule has 0 unspecified atom stereocenters. The lowest BCUT2D eigenvalue weighted by Gasteiger charge is -2.56. The minimum atomic E-state index is -0.543. The Labute approximate surface area is 154 Å². The molecule has 0 aromatic heterocycles. The summed E-state index contributed by atoms with van der Waals surface area (Å²) < 4.78 is 5.60. The number of aliphatic hydroxyl groups is 1. The van der Waals surface area contributed by atoms with Crippen LogP contribution in [0.1, 0.15) is 78.6 Å². The Bertz CT molecular complexity index is 526. The van der Waals surface area contributed by atoms with Gasteiger partial charge in [0.15, 0.2) is 0 Å². The molecule has 4 saturated carbocycles. The third-order valence-electron chi connectivity index (χ3n) is 8.88. The zero-order valence-corrected chi connectivity index (χ0v) is 16.6. The van der Waals surface area contributed by atoms with Crippen LogP contribution in [0.4, 0.5) is 0 Å². The van der Waals surface area contributed by atoms with Crippen LogP contribution in [-0.2, 0) is 4.74 Å². The highest BCUT2D eigenvalue weighted by molar-refractivity contribution is 5.23. The fourth-order valence-corrected chi connectivity index (χ4v) is 7.71. The van der Waals surface area contributed by atoms with Gasteiger partial charge in [0.05, 0.1) is 12.2 Å². The highest BCUT2D eigenvalue weighted by Crippen LogP contribution is 2.64. The first kappa shape index (κ1) is 18.0. The molecular weight excluding hydrogens is 308 g/mol. The van der Waals surface area contributed by atoms with Gasteiger partial charge in [-0.05, 0) is 107 Å². The number of hydrogen-bond donors (Lipinski definition) is 1. The van der Waals surface area contributed by atoms with Crippen LogP contribution in [0.2, 0.25) is 0 Å². The van der Waals surface area contributed by atoms with Crippen molar-refractivity contribution in [2.45, 2.75) is 84.2 Å². The van der Waals surface area contributed by atoms with Crippen molar-refractivity contribution >= 4 is 0 Å². The molecule has 4 rings (SSSR count). The van der Waals surface area contributed by atoms with E-state index >= 15 is 0 Å². The molecule has 7 atom stereocenters. The second kappa shape index (κ2) is 6.68. The van der Waals surface area contributed by atoms with Crippen molar-refractivity contribution in [3.8, 4) is 0 Å². The summed E-state index contributed by atoms with van der Waals surface area (Å²) in [4.78, 5) is 0. The van der Waals surface area contributed by atoms with E-state index < -0.39 is 5.60 Å². The van der Waals surface area contributed by atoms with Crippen LogP contribution >= 0.6 is 0 Å². The molecule has 0 saturated heterocycles. The van der Waals surface area contributed by atoms with Crippen LogP contribution in [0.5, 0.6) is 0 Å². The summed E-state index contributed by atoms with van der Waals surface area (Å²) in [7, 11) is 0. The molecule has 25 heavy (non-hydrogen) atoms. The van der Waals surface area contributed by atoms with Gasteiger partial charge in [0, 0.05) is 6.61 Å². The van der Waals surface area contributed by atoms with E-state index in [1.54, 1.807) is 5.57 Å². The monoisotopic (exact) mass is 346 g/mol. The summed E-state index contributed by atoms with van der Waals surface area (Å²) in [5, 5.41) is 11.0. The maximum absolute atomic E-state index is 11.0. The Balaban J connectivity index is 1.48. The molecule has 2 heteroatoms. The molecule has 0 heterocycles. The van der Waals surface area contributed by atoms with E-state index in [2.05, 4.69) is 19.9 Å². The first-order valence-corrected chi connectivity index (χ1v) is 11.0. The van der Waals surface area contributed by atoms with Gasteiger partial charge in [-0.2, -0.15) is 0 Å². The van der Waals surface area contributed by atoms with Crippen molar-refractivity contribution < 1.29 is 9.84 Å². The zero-order chi connectivity index (χ0) is 17.7. The molecule has 0 radical (unpaired) electrons. The van der Waals surface area contributed by atoms with Gasteiger partial charge in [0.2, 0.25) is 0 Å². The second-order valence-corrected chi connectivity index (χ2v) is 9.85. The SMILES string of the molecule is C/C=C1/CC[C@H]2[C@@H]3CC[C@@H]4C[C@](O)(COCC)CC[C@@H]4[C@H]3CC[C@]12C. The third kappa shape index (κ3) is 2.92. The van der Waals surface area contributed by atoms with Crippen LogP contribution in [0.15, 0.2) is 11.6 Å². The Morgan fingerprint density at radius 1 is 1.08 bits per heavy atom. The van der Waals surface area contributed by atoms with Crippen LogP contribution in [0.25, 0.3) is 0 Å². The van der Waals surface area contributed by atoms with E-state index in [-0.39, 0.29) is 0 Å². The summed E-state index contributed by atoms with van der Waals surface area (Å²) in [6.45, 7) is 8.12. The normalized spacial score (nSPS) is 51.0. The van der Waals surface area contributed by atoms with Gasteiger partial charge in [0.1, 0.15) is 0 Å². The number of ether oxygens (including phenoxy) is 1. The van der Waals surface area contributed by atoms with Crippen molar-refractivity contribution in [2.75, 3.05) is 13.2 Å². The number of fused-ring (bicyclic) bond motifs is 5. The Morgan fingerprint density at radius 3 is 2.64 bits per heavy atom. The summed E-state index contributed by atoms with van der Waals surface area (Å²) >= 11 is 0. The maximum Gasteiger partial charge on any atom is 0.0883 e. The predicted octanol–water partition coefficient (Wildman–Crippen LogP) is 5.35. The van der Waals surface area contributed by atoms with E-state index in [0.29, 0.717) is 18.6 Å². The lowest BCUT2D eigenvalue weighted by Crippen LogP contribution is -2.51. The standard InChI is InChI=1S/C23H38O2/c1-4-17-7-9-21-20-8-6-16-14-23(24,15-25-5-2)13-11-18(16)19(20)10-12-22(17,21)3/h4,16,18-21,24H,5-15H2,1-3H3/b17-4-/t16-,18+,19-,20-,21+,22-,23+/m1/s1. The third-order valence-corrected chi connectivity index (χ3v) is 8.88. The molecule has 1 N–H and O–H groups in total. The van der Waals surface area contributed by atoms with Crippen molar-refractivity contribution in [2.24, 2.45) is 35.0 Å². The van der Waals surface area contributed by atoms with Gasteiger partial charge in [0.25, 0.3) is 0 Å². The van der Waals surface area contributed by atoms with Crippen molar-refractivity contribution in [3.63, 3.8) is 0 Å². The smallest absolute Gasteiger partial charge is 0.0883 e. The van der Waals surface area contributed by atoms with E-state index in [1.807, 2.05) is 6.92 Å². The van der Waals surface area contributed by atoms with E-state index in [0.717, 1.165) is 42.4 Å². The lowest BCUT2D eigenvalue weighted by atomic mass is 9.49. The van der Waals surface area contributed by atoms with Gasteiger partial charge in [-0.25, -0.2) is 0 Å². The molecule has 4 aliphatic rings. The summed E-state index contributed by atoms with van der Waals surface area (Å²) in [6, 6.07) is 0. The number of hydrogen-bond acceptors (Lipinski definition) is 2. The summed E-state index contributed by atoms with van der Waals surface area (Å²) in [6.07, 6.45) is 14.0. The van der Waals surface area contributed by atoms with Crippen LogP contribution in [0, 0.1) is 35.0 Å². The van der Waals surface area contributed by atoms with Crippen molar-refractivity contribution in [3.05, 3.63) is 11.6 Å². The molecule has 0 spiro atoms. The van der Waals surface area contributed by atoms with Gasteiger partial charge in [-0.15, -0.1) is 0 Å². The fourth-order valence-electron chi connectivity index (χ4n) is 7.71. The predicted molar refractivity (Wildman–Crippen MR) is 102 cm³/mol. The van der Waals surface area contributed by atoms with E-state index in [4.69, 9.17) is 4.74 Å². The van der Waals surface area contributed by atoms with Gasteiger partial charge in [-0.1, -0.05) is 18.6 Å². The van der Waals surface area contributed by atoms with Crippen LogP contribution < -0.4 is 0 Å². The first-order valence-electron chi connectivity index (χ1n) is 11.0. The fraction of sp³-hybridized carbons (Fsp3) is 0.913.